The molecule has 1 saturated carbocycles. The summed E-state index contributed by atoms with van der Waals surface area (Å²) < 4.78 is 37.9. The third kappa shape index (κ3) is 7.19. The molecule has 0 aromatic heterocycles. The zero-order valence-corrected chi connectivity index (χ0v) is 24.2. The largest absolute Gasteiger partial charge is 0.401 e. The van der Waals surface area contributed by atoms with Crippen molar-refractivity contribution in [3.63, 3.8) is 0 Å². The predicted octanol–water partition coefficient (Wildman–Crippen LogP) is 5.68. The van der Waals surface area contributed by atoms with E-state index in [9.17, 15) is 27.9 Å². The molecule has 1 N–H and O–H groups in total. The number of rotatable bonds is 6. The molecule has 0 bridgehead atoms. The molecular formula is C30H34Cl2F3N3O3. The predicted molar refractivity (Wildman–Crippen MR) is 152 cm³/mol. The van der Waals surface area contributed by atoms with E-state index < -0.39 is 12.7 Å². The van der Waals surface area contributed by atoms with E-state index in [4.69, 9.17) is 23.2 Å². The van der Waals surface area contributed by atoms with Gasteiger partial charge in [0, 0.05) is 60.3 Å². The first-order valence-corrected chi connectivity index (χ1v) is 14.9. The molecule has 5 rings (SSSR count). The first kappa shape index (κ1) is 30.1. The van der Waals surface area contributed by atoms with Gasteiger partial charge in [-0.05, 0) is 79.5 Å². The van der Waals surface area contributed by atoms with Crippen molar-refractivity contribution in [3.05, 3.63) is 57.6 Å². The number of aliphatic hydroxyl groups excluding tert-OH is 1. The Kier molecular flexibility index (Phi) is 9.19. The highest BCUT2D eigenvalue weighted by Crippen LogP contribution is 2.37. The molecule has 1 aliphatic carbocycles. The summed E-state index contributed by atoms with van der Waals surface area (Å²) in [6.45, 7) is 0.605. The van der Waals surface area contributed by atoms with E-state index in [0.717, 1.165) is 48.8 Å². The van der Waals surface area contributed by atoms with Crippen LogP contribution in [0, 0.1) is 5.92 Å². The lowest BCUT2D eigenvalue weighted by Gasteiger charge is -2.35. The summed E-state index contributed by atoms with van der Waals surface area (Å²) in [6, 6.07) is 10.8. The van der Waals surface area contributed by atoms with Gasteiger partial charge in [-0.25, -0.2) is 0 Å². The van der Waals surface area contributed by atoms with Gasteiger partial charge in [0.1, 0.15) is 0 Å². The van der Waals surface area contributed by atoms with Gasteiger partial charge in [0.2, 0.25) is 5.91 Å². The maximum Gasteiger partial charge on any atom is 0.401 e. The Labute approximate surface area is 248 Å². The van der Waals surface area contributed by atoms with E-state index in [1.54, 1.807) is 29.2 Å². The van der Waals surface area contributed by atoms with Crippen LogP contribution in [0.15, 0.2) is 36.4 Å². The Morgan fingerprint density at radius 3 is 2.07 bits per heavy atom. The fraction of sp³-hybridized carbons (Fsp3) is 0.533. The van der Waals surface area contributed by atoms with E-state index >= 15 is 0 Å². The molecular weight excluding hydrogens is 578 g/mol. The number of hydrogen-bond donors (Lipinski definition) is 1. The molecule has 0 unspecified atom stereocenters. The van der Waals surface area contributed by atoms with Crippen LogP contribution in [0.2, 0.25) is 10.0 Å². The third-order valence-corrected chi connectivity index (χ3v) is 9.25. The van der Waals surface area contributed by atoms with Gasteiger partial charge in [-0.1, -0.05) is 35.3 Å². The quantitative estimate of drug-likeness (QED) is 0.457. The fourth-order valence-corrected chi connectivity index (χ4v) is 6.89. The van der Waals surface area contributed by atoms with Gasteiger partial charge in [0.25, 0.3) is 5.91 Å². The molecule has 6 nitrogen and oxygen atoms in total. The van der Waals surface area contributed by atoms with Crippen LogP contribution in [0.25, 0.3) is 11.1 Å². The number of amides is 2. The van der Waals surface area contributed by atoms with Gasteiger partial charge in [0.05, 0.1) is 12.6 Å². The van der Waals surface area contributed by atoms with Crippen LogP contribution in [-0.4, -0.2) is 89.2 Å². The molecule has 2 aliphatic heterocycles. The highest BCUT2D eigenvalue weighted by atomic mass is 35.5. The summed E-state index contributed by atoms with van der Waals surface area (Å²) in [5.74, 6) is -0.262. The van der Waals surface area contributed by atoms with Gasteiger partial charge < -0.3 is 14.9 Å². The Balaban J connectivity index is 1.20. The third-order valence-electron chi connectivity index (χ3n) is 8.58. The summed E-state index contributed by atoms with van der Waals surface area (Å²) in [7, 11) is 0. The van der Waals surface area contributed by atoms with E-state index in [1.165, 1.54) is 4.90 Å². The normalized spacial score (nSPS) is 24.2. The number of aliphatic hydroxyl groups is 1. The summed E-state index contributed by atoms with van der Waals surface area (Å²) in [5.41, 5.74) is 2.80. The van der Waals surface area contributed by atoms with E-state index in [-0.39, 0.29) is 56.1 Å². The highest BCUT2D eigenvalue weighted by molar-refractivity contribution is 6.36. The molecule has 2 heterocycles. The smallest absolute Gasteiger partial charge is 0.393 e. The Morgan fingerprint density at radius 1 is 0.878 bits per heavy atom. The highest BCUT2D eigenvalue weighted by Gasteiger charge is 2.38. The van der Waals surface area contributed by atoms with Crippen molar-refractivity contribution < 1.29 is 27.9 Å². The molecule has 2 amide bonds. The van der Waals surface area contributed by atoms with Crippen LogP contribution in [0.1, 0.15) is 48.0 Å². The average molecular weight is 613 g/mol. The summed E-state index contributed by atoms with van der Waals surface area (Å²) >= 11 is 13.3. The van der Waals surface area contributed by atoms with Crippen molar-refractivity contribution >= 4 is 35.0 Å². The summed E-state index contributed by atoms with van der Waals surface area (Å²) in [4.78, 5) is 31.0. The topological polar surface area (TPSA) is 64.1 Å². The number of alkyl halides is 3. The van der Waals surface area contributed by atoms with Crippen molar-refractivity contribution in [2.75, 3.05) is 39.3 Å². The maximum absolute atomic E-state index is 13.2. The van der Waals surface area contributed by atoms with Gasteiger partial charge in [0.15, 0.2) is 0 Å². The molecule has 2 aromatic rings. The number of benzene rings is 2. The minimum Gasteiger partial charge on any atom is -0.393 e. The van der Waals surface area contributed by atoms with Crippen molar-refractivity contribution in [3.8, 4) is 11.1 Å². The van der Waals surface area contributed by atoms with Crippen LogP contribution in [-0.2, 0) is 11.2 Å². The van der Waals surface area contributed by atoms with E-state index in [2.05, 4.69) is 0 Å². The van der Waals surface area contributed by atoms with Gasteiger partial charge in [-0.2, -0.15) is 13.2 Å². The van der Waals surface area contributed by atoms with Crippen molar-refractivity contribution in [2.24, 2.45) is 5.92 Å². The Hall–Kier alpha value is -2.33. The lowest BCUT2D eigenvalue weighted by atomic mass is 9.92. The van der Waals surface area contributed by atoms with Crippen LogP contribution in [0.3, 0.4) is 0 Å². The Morgan fingerprint density at radius 2 is 1.49 bits per heavy atom. The first-order valence-electron chi connectivity index (χ1n) is 14.1. The number of piperazine rings is 1. The zero-order chi connectivity index (χ0) is 29.3. The van der Waals surface area contributed by atoms with Gasteiger partial charge in [-0.15, -0.1) is 0 Å². The summed E-state index contributed by atoms with van der Waals surface area (Å²) in [6.07, 6.45) is -0.167. The second-order valence-corrected chi connectivity index (χ2v) is 12.2. The summed E-state index contributed by atoms with van der Waals surface area (Å²) in [5, 5.41) is 10.8. The van der Waals surface area contributed by atoms with E-state index in [1.807, 2.05) is 17.0 Å². The SMILES string of the molecule is O=C(c1ccc(-c2cc(Cl)c(C[C@@H]3CCN([C@H]4CC[C@@H](O)CC4)C3=O)c(Cl)c2)cc1)N1CCN(CC(F)(F)F)CC1. The lowest BCUT2D eigenvalue weighted by molar-refractivity contribution is -0.148. The average Bonchev–Trinajstić information content (AvgIpc) is 3.30. The van der Waals surface area contributed by atoms with Crippen molar-refractivity contribution in [2.45, 2.75) is 56.8 Å². The molecule has 2 saturated heterocycles. The molecule has 0 radical (unpaired) electrons. The van der Waals surface area contributed by atoms with Crippen LogP contribution < -0.4 is 0 Å². The minimum absolute atomic E-state index is 0.129. The number of likely N-dealkylation sites (tertiary alicyclic amines) is 1. The molecule has 222 valence electrons. The molecule has 3 fully saturated rings. The minimum atomic E-state index is -4.25. The van der Waals surface area contributed by atoms with Crippen LogP contribution in [0.5, 0.6) is 0 Å². The fourth-order valence-electron chi connectivity index (χ4n) is 6.25. The van der Waals surface area contributed by atoms with Crippen LogP contribution >= 0.6 is 23.2 Å². The van der Waals surface area contributed by atoms with Gasteiger partial charge >= 0.3 is 6.18 Å². The molecule has 41 heavy (non-hydrogen) atoms. The maximum atomic E-state index is 13.2. The first-order chi connectivity index (χ1) is 19.5. The van der Waals surface area contributed by atoms with Gasteiger partial charge in [-0.3, -0.25) is 14.5 Å². The molecule has 0 spiro atoms. The lowest BCUT2D eigenvalue weighted by Crippen LogP contribution is -2.50. The number of carbonyl (C=O) groups is 2. The molecule has 11 heteroatoms. The number of carbonyl (C=O) groups excluding carboxylic acids is 2. The van der Waals surface area contributed by atoms with Crippen LogP contribution in [0.4, 0.5) is 13.2 Å². The second-order valence-electron chi connectivity index (χ2n) is 11.4. The van der Waals surface area contributed by atoms with E-state index in [0.29, 0.717) is 28.6 Å². The second kappa shape index (κ2) is 12.5. The van der Waals surface area contributed by atoms with Crippen molar-refractivity contribution in [1.29, 1.82) is 0 Å². The molecule has 3 aliphatic rings. The number of hydrogen-bond acceptors (Lipinski definition) is 4. The Bertz CT molecular complexity index is 1230. The number of halogens is 5. The molecule has 2 aromatic carbocycles. The zero-order valence-electron chi connectivity index (χ0n) is 22.7. The molecule has 1 atom stereocenters. The standard InChI is InChI=1S/C30H34Cl2F3N3O3/c31-26-16-22(17-27(32)25(26)15-21-9-10-38(29(21)41)23-5-7-24(39)8-6-23)19-1-3-20(4-2-19)28(40)37-13-11-36(12-14-37)18-30(33,34)35/h1-4,16-17,21,23-24,39H,5-15,18H2/t21-,23-,24+/m0/s1. The number of nitrogens with zero attached hydrogens (tertiary/aromatic N) is 3. The van der Waals surface area contributed by atoms with Crippen molar-refractivity contribution in [1.82, 2.24) is 14.7 Å². The monoisotopic (exact) mass is 611 g/mol.